The van der Waals surface area contributed by atoms with E-state index < -0.39 is 26.4 Å². The monoisotopic (exact) mass is 365 g/mol. The molecule has 0 aliphatic heterocycles. The fraction of sp³-hybridized carbons (Fsp3) is 0.176. The van der Waals surface area contributed by atoms with Crippen LogP contribution in [0.15, 0.2) is 59.5 Å². The van der Waals surface area contributed by atoms with Crippen molar-refractivity contribution in [1.29, 1.82) is 0 Å². The zero-order chi connectivity index (χ0) is 17.7. The third-order valence-corrected chi connectivity index (χ3v) is 6.37. The minimum atomic E-state index is -3.87. The van der Waals surface area contributed by atoms with Crippen LogP contribution in [0.5, 0.6) is 0 Å². The molecular weight excluding hydrogens is 350 g/mol. The number of nitrogens with two attached hydrogens (primary N) is 1. The van der Waals surface area contributed by atoms with E-state index in [2.05, 4.69) is 0 Å². The van der Waals surface area contributed by atoms with Gasteiger partial charge in [-0.25, -0.2) is 8.42 Å². The van der Waals surface area contributed by atoms with Crippen LogP contribution in [-0.2, 0) is 21.1 Å². The molecule has 7 heteroatoms. The summed E-state index contributed by atoms with van der Waals surface area (Å²) < 4.78 is 25.7. The van der Waals surface area contributed by atoms with Crippen molar-refractivity contribution in [2.45, 2.75) is 21.9 Å². The first-order chi connectivity index (χ1) is 11.4. The Hall–Kier alpha value is -2.18. The first-order valence-electron chi connectivity index (χ1n) is 7.13. The molecule has 2 unspecified atom stereocenters. The Bertz CT molecular complexity index is 819. The van der Waals surface area contributed by atoms with Gasteiger partial charge in [-0.15, -0.1) is 11.6 Å². The molecule has 0 aliphatic carbocycles. The molecule has 5 nitrogen and oxygen atoms in total. The number of halogens is 1. The molecule has 0 bridgehead atoms. The number of amides is 1. The van der Waals surface area contributed by atoms with Gasteiger partial charge in [-0.3, -0.25) is 4.79 Å². The minimum absolute atomic E-state index is 0.0130. The van der Waals surface area contributed by atoms with Crippen molar-refractivity contribution in [3.05, 3.63) is 65.7 Å². The van der Waals surface area contributed by atoms with E-state index >= 15 is 0 Å². The Labute approximate surface area is 145 Å². The quantitative estimate of drug-likeness (QED) is 0.599. The lowest BCUT2D eigenvalue weighted by Crippen LogP contribution is -2.34. The lowest BCUT2D eigenvalue weighted by Gasteiger charge is -2.19. The van der Waals surface area contributed by atoms with Gasteiger partial charge in [0, 0.05) is 5.56 Å². The smallest absolute Gasteiger partial charge is 0.248 e. The highest BCUT2D eigenvalue weighted by Gasteiger charge is 2.34. The second-order valence-electron chi connectivity index (χ2n) is 5.24. The molecule has 0 radical (unpaired) electrons. The average Bonchev–Trinajstić information content (AvgIpc) is 2.59. The maximum absolute atomic E-state index is 12.9. The fourth-order valence-corrected chi connectivity index (χ4v) is 4.49. The van der Waals surface area contributed by atoms with Crippen molar-refractivity contribution >= 4 is 33.6 Å². The fourth-order valence-electron chi connectivity index (χ4n) is 2.31. The van der Waals surface area contributed by atoms with E-state index in [0.717, 1.165) is 5.56 Å². The molecule has 0 spiro atoms. The van der Waals surface area contributed by atoms with Gasteiger partial charge >= 0.3 is 0 Å². The summed E-state index contributed by atoms with van der Waals surface area (Å²) in [7, 11) is -3.87. The molecule has 0 fully saturated rings. The molecule has 2 rings (SSSR count). The number of primary amides is 1. The van der Waals surface area contributed by atoms with E-state index in [-0.39, 0.29) is 16.9 Å². The molecule has 0 aliphatic rings. The second-order valence-corrected chi connectivity index (χ2v) is 7.91. The molecular formula is C17H16ClNO4S. The van der Waals surface area contributed by atoms with Crippen LogP contribution in [0, 0.1) is 0 Å². The number of carbonyl (C=O) groups is 2. The summed E-state index contributed by atoms with van der Waals surface area (Å²) in [5.41, 5.74) is 6.11. The molecule has 0 saturated heterocycles. The van der Waals surface area contributed by atoms with Crippen molar-refractivity contribution in [3.8, 4) is 0 Å². The van der Waals surface area contributed by atoms with E-state index in [1.165, 1.54) is 24.3 Å². The van der Waals surface area contributed by atoms with Crippen molar-refractivity contribution < 1.29 is 18.0 Å². The van der Waals surface area contributed by atoms with Crippen molar-refractivity contribution in [1.82, 2.24) is 0 Å². The molecule has 2 aromatic carbocycles. The van der Waals surface area contributed by atoms with Gasteiger partial charge in [-0.1, -0.05) is 30.3 Å². The van der Waals surface area contributed by atoms with Gasteiger partial charge < -0.3 is 10.5 Å². The summed E-state index contributed by atoms with van der Waals surface area (Å²) in [6.07, 6.45) is 0.526. The number of hydrogen-bond donors (Lipinski definition) is 1. The van der Waals surface area contributed by atoms with E-state index in [4.69, 9.17) is 17.3 Å². The van der Waals surface area contributed by atoms with Crippen LogP contribution < -0.4 is 5.73 Å². The predicted octanol–water partition coefficient (Wildman–Crippen LogP) is 1.98. The Morgan fingerprint density at radius 2 is 1.67 bits per heavy atom. The van der Waals surface area contributed by atoms with Crippen molar-refractivity contribution in [2.75, 3.05) is 0 Å². The molecule has 24 heavy (non-hydrogen) atoms. The van der Waals surface area contributed by atoms with Crippen LogP contribution in [0.25, 0.3) is 0 Å². The Kier molecular flexibility index (Phi) is 5.75. The van der Waals surface area contributed by atoms with E-state index in [9.17, 15) is 18.0 Å². The molecule has 2 atom stereocenters. The van der Waals surface area contributed by atoms with Crippen LogP contribution in [0.4, 0.5) is 0 Å². The third-order valence-electron chi connectivity index (χ3n) is 3.63. The number of aldehydes is 1. The van der Waals surface area contributed by atoms with Gasteiger partial charge in [0.2, 0.25) is 5.91 Å². The van der Waals surface area contributed by atoms with E-state index in [0.29, 0.717) is 6.29 Å². The normalized spacial score (nSPS) is 13.9. The van der Waals surface area contributed by atoms with E-state index in [1.54, 1.807) is 24.3 Å². The summed E-state index contributed by atoms with van der Waals surface area (Å²) >= 11 is 5.98. The van der Waals surface area contributed by atoms with Crippen molar-refractivity contribution in [2.24, 2.45) is 5.73 Å². The zero-order valence-corrected chi connectivity index (χ0v) is 14.2. The summed E-state index contributed by atoms with van der Waals surface area (Å²) in [5.74, 6) is -0.650. The summed E-state index contributed by atoms with van der Waals surface area (Å²) in [6.45, 7) is 0. The largest absolute Gasteiger partial charge is 0.366 e. The SMILES string of the molecule is NC(=O)c1ccc(S(=O)(=O)C(Cc2ccccc2)C(Cl)C=O)cc1. The summed E-state index contributed by atoms with van der Waals surface area (Å²) in [4.78, 5) is 22.2. The molecule has 2 N–H and O–H groups in total. The van der Waals surface area contributed by atoms with Crippen LogP contribution in [0.2, 0.25) is 0 Å². The van der Waals surface area contributed by atoms with Gasteiger partial charge in [-0.05, 0) is 36.2 Å². The van der Waals surface area contributed by atoms with Gasteiger partial charge in [0.25, 0.3) is 0 Å². The lowest BCUT2D eigenvalue weighted by molar-refractivity contribution is -0.107. The standard InChI is InChI=1S/C17H16ClNO4S/c18-15(11-20)16(10-12-4-2-1-3-5-12)24(22,23)14-8-6-13(7-9-14)17(19)21/h1-9,11,15-16H,10H2,(H2,19,21). The Morgan fingerprint density at radius 1 is 1.08 bits per heavy atom. The maximum atomic E-state index is 12.9. The second kappa shape index (κ2) is 7.59. The van der Waals surface area contributed by atoms with Crippen LogP contribution in [0.1, 0.15) is 15.9 Å². The molecule has 0 heterocycles. The van der Waals surface area contributed by atoms with Gasteiger partial charge in [0.05, 0.1) is 10.1 Å². The molecule has 0 saturated carbocycles. The van der Waals surface area contributed by atoms with Gasteiger partial charge in [0.15, 0.2) is 9.84 Å². The highest BCUT2D eigenvalue weighted by molar-refractivity contribution is 7.92. The molecule has 1 amide bonds. The third kappa shape index (κ3) is 4.01. The number of sulfone groups is 1. The van der Waals surface area contributed by atoms with Gasteiger partial charge in [0.1, 0.15) is 11.7 Å². The van der Waals surface area contributed by atoms with Crippen LogP contribution >= 0.6 is 11.6 Å². The Balaban J connectivity index is 2.39. The molecule has 126 valence electrons. The summed E-state index contributed by atoms with van der Waals surface area (Å²) in [5, 5.41) is -2.30. The number of benzene rings is 2. The van der Waals surface area contributed by atoms with Crippen molar-refractivity contribution in [3.63, 3.8) is 0 Å². The van der Waals surface area contributed by atoms with E-state index in [1.807, 2.05) is 6.07 Å². The van der Waals surface area contributed by atoms with Crippen LogP contribution in [-0.4, -0.2) is 31.2 Å². The maximum Gasteiger partial charge on any atom is 0.248 e. The zero-order valence-electron chi connectivity index (χ0n) is 12.6. The highest BCUT2D eigenvalue weighted by atomic mass is 35.5. The first kappa shape index (κ1) is 18.2. The minimum Gasteiger partial charge on any atom is -0.366 e. The molecule has 2 aromatic rings. The first-order valence-corrected chi connectivity index (χ1v) is 9.11. The summed E-state index contributed by atoms with van der Waals surface area (Å²) in [6, 6.07) is 14.2. The Morgan fingerprint density at radius 3 is 2.17 bits per heavy atom. The molecule has 0 aromatic heterocycles. The predicted molar refractivity (Wildman–Crippen MR) is 91.8 cm³/mol. The number of hydrogen-bond acceptors (Lipinski definition) is 4. The lowest BCUT2D eigenvalue weighted by atomic mass is 10.1. The van der Waals surface area contributed by atoms with Gasteiger partial charge in [-0.2, -0.15) is 0 Å². The topological polar surface area (TPSA) is 94.3 Å². The highest BCUT2D eigenvalue weighted by Crippen LogP contribution is 2.24. The number of alkyl halides is 1. The average molecular weight is 366 g/mol. The number of rotatable bonds is 7. The number of carbonyl (C=O) groups excluding carboxylic acids is 2. The van der Waals surface area contributed by atoms with Crippen LogP contribution in [0.3, 0.4) is 0 Å².